The Hall–Kier alpha value is -2.99. The Morgan fingerprint density at radius 1 is 0.871 bits per heavy atom. The minimum atomic E-state index is -0.498. The van der Waals surface area contributed by atoms with Crippen molar-refractivity contribution in [1.82, 2.24) is 9.80 Å². The van der Waals surface area contributed by atoms with E-state index in [-0.39, 0.29) is 18.4 Å². The third kappa shape index (κ3) is 4.69. The molecule has 2 aromatic carbocycles. The van der Waals surface area contributed by atoms with E-state index in [0.717, 1.165) is 50.2 Å². The number of imide groups is 1. The van der Waals surface area contributed by atoms with E-state index in [1.807, 2.05) is 24.3 Å². The second-order valence-electron chi connectivity index (χ2n) is 7.83. The van der Waals surface area contributed by atoms with Gasteiger partial charge in [0.05, 0.1) is 11.1 Å². The number of hydrogen-bond donors (Lipinski definition) is 0. The fourth-order valence-electron chi connectivity index (χ4n) is 4.21. The maximum absolute atomic E-state index is 12.5. The van der Waals surface area contributed by atoms with E-state index in [1.165, 1.54) is 10.5 Å². The highest BCUT2D eigenvalue weighted by Crippen LogP contribution is 2.30. The van der Waals surface area contributed by atoms with Crippen LogP contribution in [0, 0.1) is 0 Å². The number of carbonyl (C=O) groups is 2. The molecule has 0 bridgehead atoms. The summed E-state index contributed by atoms with van der Waals surface area (Å²) in [5, 5.41) is 0. The van der Waals surface area contributed by atoms with Gasteiger partial charge in [-0.05, 0) is 49.6 Å². The second-order valence-corrected chi connectivity index (χ2v) is 7.83. The first kappa shape index (κ1) is 21.2. The molecule has 162 valence electrons. The molecule has 6 heteroatoms. The van der Waals surface area contributed by atoms with E-state index in [2.05, 4.69) is 11.0 Å². The Morgan fingerprint density at radius 2 is 1.52 bits per heavy atom. The maximum Gasteiger partial charge on any atom is 0.261 e. The van der Waals surface area contributed by atoms with Gasteiger partial charge < -0.3 is 4.74 Å². The summed E-state index contributed by atoms with van der Waals surface area (Å²) in [6.07, 6.45) is 4.84. The highest BCUT2D eigenvalue weighted by atomic mass is 19.1. The van der Waals surface area contributed by atoms with E-state index in [1.54, 1.807) is 24.3 Å². The topological polar surface area (TPSA) is 49.9 Å². The number of unbranched alkanes of at least 4 members (excludes halogenated alkanes) is 1. The van der Waals surface area contributed by atoms with Crippen LogP contribution in [0.1, 0.15) is 45.5 Å². The van der Waals surface area contributed by atoms with Gasteiger partial charge in [0, 0.05) is 25.2 Å². The Bertz CT molecular complexity index is 953. The van der Waals surface area contributed by atoms with Crippen LogP contribution >= 0.6 is 0 Å². The van der Waals surface area contributed by atoms with Crippen molar-refractivity contribution in [3.63, 3.8) is 0 Å². The first-order valence-electron chi connectivity index (χ1n) is 10.8. The zero-order chi connectivity index (χ0) is 21.6. The summed E-state index contributed by atoms with van der Waals surface area (Å²) in [7, 11) is 0. The summed E-state index contributed by atoms with van der Waals surface area (Å²) in [4.78, 5) is 28.6. The van der Waals surface area contributed by atoms with Crippen molar-refractivity contribution in [3.8, 4) is 5.75 Å². The number of halogens is 1. The molecule has 2 aliphatic heterocycles. The van der Waals surface area contributed by atoms with Crippen molar-refractivity contribution >= 4 is 17.4 Å². The number of para-hydroxylation sites is 1. The Labute approximate surface area is 182 Å². The molecule has 0 saturated carbocycles. The SMILES string of the molecule is O=C1c2ccccc2C(=O)N1CCCCN1CC=C(c2ccccc2OCCF)CC1. The third-order valence-electron chi connectivity index (χ3n) is 5.85. The zero-order valence-electron chi connectivity index (χ0n) is 17.6. The molecular formula is C25H27FN2O3. The monoisotopic (exact) mass is 422 g/mol. The molecule has 0 N–H and O–H groups in total. The van der Waals surface area contributed by atoms with E-state index < -0.39 is 6.67 Å². The van der Waals surface area contributed by atoms with Gasteiger partial charge in [-0.15, -0.1) is 0 Å². The number of benzene rings is 2. The molecule has 0 atom stereocenters. The maximum atomic E-state index is 12.5. The third-order valence-corrected chi connectivity index (χ3v) is 5.85. The van der Waals surface area contributed by atoms with Crippen molar-refractivity contribution in [2.45, 2.75) is 19.3 Å². The first-order valence-corrected chi connectivity index (χ1v) is 10.8. The molecule has 0 fully saturated rings. The summed E-state index contributed by atoms with van der Waals surface area (Å²) in [5.41, 5.74) is 3.30. The van der Waals surface area contributed by atoms with E-state index in [9.17, 15) is 14.0 Å². The molecule has 0 radical (unpaired) electrons. The van der Waals surface area contributed by atoms with Gasteiger partial charge in [0.25, 0.3) is 11.8 Å². The Kier molecular flexibility index (Phi) is 6.77. The fourth-order valence-corrected chi connectivity index (χ4v) is 4.21. The molecule has 0 saturated heterocycles. The van der Waals surface area contributed by atoms with Crippen LogP contribution in [0.3, 0.4) is 0 Å². The largest absolute Gasteiger partial charge is 0.490 e. The highest BCUT2D eigenvalue weighted by Gasteiger charge is 2.34. The number of nitrogens with zero attached hydrogens (tertiary/aromatic N) is 2. The molecule has 2 aliphatic rings. The number of fused-ring (bicyclic) bond motifs is 1. The summed E-state index contributed by atoms with van der Waals surface area (Å²) < 4.78 is 18.0. The molecular weight excluding hydrogens is 395 g/mol. The summed E-state index contributed by atoms with van der Waals surface area (Å²) in [6.45, 7) is 2.75. The van der Waals surface area contributed by atoms with Crippen molar-refractivity contribution in [2.24, 2.45) is 0 Å². The van der Waals surface area contributed by atoms with E-state index >= 15 is 0 Å². The van der Waals surface area contributed by atoms with Gasteiger partial charge in [0.2, 0.25) is 0 Å². The molecule has 31 heavy (non-hydrogen) atoms. The van der Waals surface area contributed by atoms with Crippen LogP contribution in [0.5, 0.6) is 5.75 Å². The predicted molar refractivity (Wildman–Crippen MR) is 118 cm³/mol. The fraction of sp³-hybridized carbons (Fsp3) is 0.360. The van der Waals surface area contributed by atoms with Crippen LogP contribution < -0.4 is 4.74 Å². The number of hydrogen-bond acceptors (Lipinski definition) is 4. The minimum Gasteiger partial charge on any atom is -0.490 e. The molecule has 5 nitrogen and oxygen atoms in total. The molecule has 0 aliphatic carbocycles. The number of amides is 2. The summed E-state index contributed by atoms with van der Waals surface area (Å²) in [5.74, 6) is 0.375. The van der Waals surface area contributed by atoms with Gasteiger partial charge in [-0.1, -0.05) is 36.4 Å². The predicted octanol–water partition coefficient (Wildman–Crippen LogP) is 4.20. The van der Waals surface area contributed by atoms with Gasteiger partial charge in [0.15, 0.2) is 0 Å². The van der Waals surface area contributed by atoms with Crippen molar-refractivity contribution < 1.29 is 18.7 Å². The standard InChI is InChI=1S/C25H27FN2O3/c26-13-18-31-23-10-4-3-7-20(23)19-11-16-27(17-12-19)14-5-6-15-28-24(29)21-8-1-2-9-22(21)25(28)30/h1-4,7-11H,5-6,12-18H2. The smallest absolute Gasteiger partial charge is 0.261 e. The van der Waals surface area contributed by atoms with Gasteiger partial charge in [0.1, 0.15) is 19.0 Å². The van der Waals surface area contributed by atoms with Crippen LogP contribution in [0.2, 0.25) is 0 Å². The van der Waals surface area contributed by atoms with E-state index in [4.69, 9.17) is 4.74 Å². The lowest BCUT2D eigenvalue weighted by Gasteiger charge is -2.27. The minimum absolute atomic E-state index is 0.0729. The number of alkyl halides is 1. The molecule has 0 aromatic heterocycles. The van der Waals surface area contributed by atoms with Crippen LogP contribution in [-0.2, 0) is 0 Å². The van der Waals surface area contributed by atoms with Crippen LogP contribution in [-0.4, -0.2) is 61.1 Å². The average Bonchev–Trinajstić information content (AvgIpc) is 3.06. The highest BCUT2D eigenvalue weighted by molar-refractivity contribution is 6.21. The molecule has 4 rings (SSSR count). The molecule has 0 unspecified atom stereocenters. The van der Waals surface area contributed by atoms with Gasteiger partial charge >= 0.3 is 0 Å². The molecule has 0 spiro atoms. The van der Waals surface area contributed by atoms with Crippen LogP contribution in [0.4, 0.5) is 4.39 Å². The lowest BCUT2D eigenvalue weighted by atomic mass is 9.98. The van der Waals surface area contributed by atoms with Gasteiger partial charge in [-0.3, -0.25) is 19.4 Å². The molecule has 2 aromatic rings. The number of ether oxygens (including phenoxy) is 1. The summed E-state index contributed by atoms with van der Waals surface area (Å²) in [6, 6.07) is 14.8. The molecule has 2 amide bonds. The van der Waals surface area contributed by atoms with Crippen molar-refractivity contribution in [3.05, 3.63) is 71.3 Å². The molecule has 2 heterocycles. The quantitative estimate of drug-likeness (QED) is 0.449. The first-order chi connectivity index (χ1) is 15.2. The Balaban J connectivity index is 1.25. The summed E-state index contributed by atoms with van der Waals surface area (Å²) >= 11 is 0. The lowest BCUT2D eigenvalue weighted by Crippen LogP contribution is -2.32. The Morgan fingerprint density at radius 3 is 2.16 bits per heavy atom. The normalized spacial score (nSPS) is 16.4. The zero-order valence-corrected chi connectivity index (χ0v) is 17.6. The van der Waals surface area contributed by atoms with Crippen LogP contribution in [0.25, 0.3) is 5.57 Å². The number of rotatable bonds is 9. The van der Waals surface area contributed by atoms with E-state index in [0.29, 0.717) is 17.7 Å². The second kappa shape index (κ2) is 9.88. The van der Waals surface area contributed by atoms with Gasteiger partial charge in [-0.25, -0.2) is 4.39 Å². The van der Waals surface area contributed by atoms with Gasteiger partial charge in [-0.2, -0.15) is 0 Å². The average molecular weight is 423 g/mol. The number of carbonyl (C=O) groups excluding carboxylic acids is 2. The van der Waals surface area contributed by atoms with Crippen molar-refractivity contribution in [1.29, 1.82) is 0 Å². The lowest BCUT2D eigenvalue weighted by molar-refractivity contribution is 0.0650. The van der Waals surface area contributed by atoms with Crippen LogP contribution in [0.15, 0.2) is 54.6 Å². The van der Waals surface area contributed by atoms with Crippen molar-refractivity contribution in [2.75, 3.05) is 39.5 Å².